The van der Waals surface area contributed by atoms with E-state index in [1.807, 2.05) is 18.2 Å². The Labute approximate surface area is 139 Å². The second kappa shape index (κ2) is 7.15. The fourth-order valence-corrected chi connectivity index (χ4v) is 3.85. The van der Waals surface area contributed by atoms with Gasteiger partial charge >= 0.3 is 0 Å². The van der Waals surface area contributed by atoms with Crippen LogP contribution in [0.15, 0.2) is 53.4 Å². The van der Waals surface area contributed by atoms with Gasteiger partial charge in [0, 0.05) is 23.7 Å². The maximum Gasteiger partial charge on any atom is 0.235 e. The minimum Gasteiger partial charge on any atom is -0.368 e. The van der Waals surface area contributed by atoms with Crippen molar-refractivity contribution in [2.24, 2.45) is 5.73 Å². The second-order valence-electron chi connectivity index (χ2n) is 5.64. The van der Waals surface area contributed by atoms with Crippen LogP contribution in [0.5, 0.6) is 0 Å². The summed E-state index contributed by atoms with van der Waals surface area (Å²) < 4.78 is 13.6. The zero-order valence-electron chi connectivity index (χ0n) is 12.7. The predicted molar refractivity (Wildman–Crippen MR) is 90.7 cm³/mol. The quantitative estimate of drug-likeness (QED) is 0.858. The number of hydrogen-bond acceptors (Lipinski definition) is 3. The molecule has 2 aromatic rings. The van der Waals surface area contributed by atoms with E-state index < -0.39 is 0 Å². The lowest BCUT2D eigenvalue weighted by Crippen LogP contribution is -2.49. The maximum atomic E-state index is 13.6. The molecule has 1 amide bonds. The Morgan fingerprint density at radius 2 is 1.87 bits per heavy atom. The molecule has 0 bridgehead atoms. The Morgan fingerprint density at radius 3 is 2.61 bits per heavy atom. The first-order valence-corrected chi connectivity index (χ1v) is 8.61. The van der Waals surface area contributed by atoms with E-state index in [9.17, 15) is 9.18 Å². The van der Waals surface area contributed by atoms with Gasteiger partial charge in [-0.2, -0.15) is 0 Å². The van der Waals surface area contributed by atoms with Crippen molar-refractivity contribution in [1.82, 2.24) is 4.90 Å². The van der Waals surface area contributed by atoms with Crippen LogP contribution < -0.4 is 5.73 Å². The minimum absolute atomic E-state index is 0.201. The Morgan fingerprint density at radius 1 is 1.17 bits per heavy atom. The number of amides is 1. The van der Waals surface area contributed by atoms with E-state index in [2.05, 4.69) is 17.0 Å². The van der Waals surface area contributed by atoms with Gasteiger partial charge in [-0.05, 0) is 29.7 Å². The van der Waals surface area contributed by atoms with E-state index in [4.69, 9.17) is 5.73 Å². The summed E-state index contributed by atoms with van der Waals surface area (Å²) in [7, 11) is 0. The largest absolute Gasteiger partial charge is 0.368 e. The first-order chi connectivity index (χ1) is 11.1. The first-order valence-electron chi connectivity index (χ1n) is 7.62. The third-order valence-corrected chi connectivity index (χ3v) is 5.18. The Balaban J connectivity index is 1.66. The molecule has 0 fully saturated rings. The number of fused-ring (bicyclic) bond motifs is 1. The lowest BCUT2D eigenvalue weighted by molar-refractivity contribution is -0.123. The molecule has 5 heteroatoms. The molecule has 120 valence electrons. The van der Waals surface area contributed by atoms with Gasteiger partial charge in [-0.25, -0.2) is 4.39 Å². The maximum absolute atomic E-state index is 13.6. The molecule has 1 unspecified atom stereocenters. The van der Waals surface area contributed by atoms with Gasteiger partial charge in [-0.1, -0.05) is 36.4 Å². The van der Waals surface area contributed by atoms with Crippen molar-refractivity contribution in [1.29, 1.82) is 0 Å². The molecular formula is C18H19FN2OS. The topological polar surface area (TPSA) is 46.3 Å². The van der Waals surface area contributed by atoms with Gasteiger partial charge in [0.25, 0.3) is 0 Å². The van der Waals surface area contributed by atoms with Crippen LogP contribution >= 0.6 is 11.8 Å². The predicted octanol–water partition coefficient (Wildman–Crippen LogP) is 2.83. The molecule has 2 aromatic carbocycles. The van der Waals surface area contributed by atoms with Crippen LogP contribution in [-0.2, 0) is 17.8 Å². The standard InChI is InChI=1S/C18H19FN2OS/c19-15-7-3-4-8-17(15)23-10-9-21-12-14-6-2-1-5-13(14)11-16(21)18(20)22/h1-8,16H,9-12H2,(H2,20,22). The molecule has 3 nitrogen and oxygen atoms in total. The van der Waals surface area contributed by atoms with E-state index in [1.165, 1.54) is 29.0 Å². The fraction of sp³-hybridized carbons (Fsp3) is 0.278. The molecule has 0 saturated heterocycles. The molecule has 0 radical (unpaired) electrons. The SMILES string of the molecule is NC(=O)C1Cc2ccccc2CN1CCSc1ccccc1F. The molecular weight excluding hydrogens is 311 g/mol. The number of rotatable bonds is 5. The van der Waals surface area contributed by atoms with Crippen molar-refractivity contribution in [3.05, 3.63) is 65.5 Å². The fourth-order valence-electron chi connectivity index (χ4n) is 2.93. The van der Waals surface area contributed by atoms with Crippen molar-refractivity contribution in [3.63, 3.8) is 0 Å². The molecule has 0 saturated carbocycles. The van der Waals surface area contributed by atoms with Crippen LogP contribution in [-0.4, -0.2) is 29.1 Å². The average molecular weight is 330 g/mol. The number of thioether (sulfide) groups is 1. The van der Waals surface area contributed by atoms with E-state index >= 15 is 0 Å². The zero-order chi connectivity index (χ0) is 16.2. The molecule has 0 aromatic heterocycles. The summed E-state index contributed by atoms with van der Waals surface area (Å²) in [5.74, 6) is 0.218. The molecule has 1 aliphatic rings. The Hall–Kier alpha value is -1.85. The number of carbonyl (C=O) groups is 1. The third-order valence-electron chi connectivity index (χ3n) is 4.15. The van der Waals surface area contributed by atoms with E-state index in [0.717, 1.165) is 0 Å². The van der Waals surface area contributed by atoms with Crippen LogP contribution in [0.1, 0.15) is 11.1 Å². The van der Waals surface area contributed by atoms with Crippen molar-refractivity contribution in [3.8, 4) is 0 Å². The van der Waals surface area contributed by atoms with Crippen LogP contribution in [0.2, 0.25) is 0 Å². The molecule has 1 heterocycles. The van der Waals surface area contributed by atoms with Gasteiger partial charge in [-0.3, -0.25) is 9.69 Å². The lowest BCUT2D eigenvalue weighted by atomic mass is 9.94. The molecule has 1 aliphatic heterocycles. The van der Waals surface area contributed by atoms with Crippen LogP contribution in [0.25, 0.3) is 0 Å². The Bertz CT molecular complexity index is 707. The summed E-state index contributed by atoms with van der Waals surface area (Å²) in [5, 5.41) is 0. The highest BCUT2D eigenvalue weighted by atomic mass is 32.2. The summed E-state index contributed by atoms with van der Waals surface area (Å²) in [6.45, 7) is 1.41. The monoisotopic (exact) mass is 330 g/mol. The van der Waals surface area contributed by atoms with Crippen molar-refractivity contribution in [2.45, 2.75) is 23.9 Å². The summed E-state index contributed by atoms with van der Waals surface area (Å²) in [5.41, 5.74) is 8.00. The zero-order valence-corrected chi connectivity index (χ0v) is 13.6. The van der Waals surface area contributed by atoms with Gasteiger partial charge in [0.2, 0.25) is 5.91 Å². The van der Waals surface area contributed by atoms with E-state index in [1.54, 1.807) is 12.1 Å². The number of nitrogens with zero attached hydrogens (tertiary/aromatic N) is 1. The van der Waals surface area contributed by atoms with E-state index in [0.29, 0.717) is 30.2 Å². The highest BCUT2D eigenvalue weighted by Gasteiger charge is 2.29. The minimum atomic E-state index is -0.296. The summed E-state index contributed by atoms with van der Waals surface area (Å²) in [6, 6.07) is 14.6. The molecule has 0 aliphatic carbocycles. The van der Waals surface area contributed by atoms with Crippen molar-refractivity contribution >= 4 is 17.7 Å². The first kappa shape index (κ1) is 16.0. The van der Waals surface area contributed by atoms with Crippen molar-refractivity contribution in [2.75, 3.05) is 12.3 Å². The number of carbonyl (C=O) groups excluding carboxylic acids is 1. The Kier molecular flexibility index (Phi) is 4.98. The summed E-state index contributed by atoms with van der Waals surface area (Å²) in [6.07, 6.45) is 0.649. The van der Waals surface area contributed by atoms with Crippen LogP contribution in [0.4, 0.5) is 4.39 Å². The number of nitrogens with two attached hydrogens (primary N) is 1. The number of hydrogen-bond donors (Lipinski definition) is 1. The van der Waals surface area contributed by atoms with Gasteiger partial charge < -0.3 is 5.73 Å². The number of primary amides is 1. The molecule has 0 spiro atoms. The van der Waals surface area contributed by atoms with Crippen molar-refractivity contribution < 1.29 is 9.18 Å². The van der Waals surface area contributed by atoms with E-state index in [-0.39, 0.29) is 17.8 Å². The van der Waals surface area contributed by atoms with Crippen LogP contribution in [0.3, 0.4) is 0 Å². The van der Waals surface area contributed by atoms with Gasteiger partial charge in [0.15, 0.2) is 0 Å². The molecule has 1 atom stereocenters. The average Bonchev–Trinajstić information content (AvgIpc) is 2.56. The number of halogens is 1. The normalized spacial score (nSPS) is 17.7. The summed E-state index contributed by atoms with van der Waals surface area (Å²) in [4.78, 5) is 14.5. The van der Waals surface area contributed by atoms with Gasteiger partial charge in [0.1, 0.15) is 5.82 Å². The number of benzene rings is 2. The lowest BCUT2D eigenvalue weighted by Gasteiger charge is -2.34. The highest BCUT2D eigenvalue weighted by molar-refractivity contribution is 7.99. The molecule has 3 rings (SSSR count). The second-order valence-corrected chi connectivity index (χ2v) is 6.78. The molecule has 2 N–H and O–H groups in total. The highest BCUT2D eigenvalue weighted by Crippen LogP contribution is 2.25. The van der Waals surface area contributed by atoms with Crippen LogP contribution in [0, 0.1) is 5.82 Å². The van der Waals surface area contributed by atoms with Gasteiger partial charge in [0.05, 0.1) is 6.04 Å². The third kappa shape index (κ3) is 3.74. The van der Waals surface area contributed by atoms with Gasteiger partial charge in [-0.15, -0.1) is 11.8 Å². The smallest absolute Gasteiger partial charge is 0.235 e. The summed E-state index contributed by atoms with van der Waals surface area (Å²) >= 11 is 1.47. The molecule has 23 heavy (non-hydrogen) atoms.